The van der Waals surface area contributed by atoms with E-state index in [0.29, 0.717) is 24.1 Å². The number of rotatable bonds is 6. The molecule has 5 nitrogen and oxygen atoms in total. The van der Waals surface area contributed by atoms with Crippen LogP contribution in [0.4, 0.5) is 5.69 Å². The highest BCUT2D eigenvalue weighted by Crippen LogP contribution is 2.16. The molecule has 2 aromatic rings. The van der Waals surface area contributed by atoms with Gasteiger partial charge in [-0.1, -0.05) is 24.3 Å². The third kappa shape index (κ3) is 4.09. The number of nitrogens with two attached hydrogens (primary N) is 1. The first-order valence-corrected chi connectivity index (χ1v) is 6.92. The average Bonchev–Trinajstić information content (AvgIpc) is 2.53. The van der Waals surface area contributed by atoms with E-state index in [1.165, 1.54) is 0 Å². The van der Waals surface area contributed by atoms with E-state index in [0.717, 1.165) is 11.3 Å². The maximum absolute atomic E-state index is 12.0. The van der Waals surface area contributed by atoms with Crippen LogP contribution in [-0.4, -0.2) is 18.9 Å². The molecule has 0 fully saturated rings. The third-order valence-electron chi connectivity index (χ3n) is 3.27. The lowest BCUT2D eigenvalue weighted by Crippen LogP contribution is -2.18. The SMILES string of the molecule is COc1ccc(CCC(=O)Nc2ccccc2C(N)=O)cc1. The fourth-order valence-electron chi connectivity index (χ4n) is 2.07. The number of nitrogens with one attached hydrogen (secondary N) is 1. The summed E-state index contributed by atoms with van der Waals surface area (Å²) in [4.78, 5) is 23.3. The van der Waals surface area contributed by atoms with E-state index in [9.17, 15) is 9.59 Å². The van der Waals surface area contributed by atoms with Crippen LogP contribution >= 0.6 is 0 Å². The first-order chi connectivity index (χ1) is 10.6. The summed E-state index contributed by atoms with van der Waals surface area (Å²) in [6.07, 6.45) is 0.925. The van der Waals surface area contributed by atoms with Gasteiger partial charge in [0.2, 0.25) is 5.91 Å². The van der Waals surface area contributed by atoms with E-state index in [2.05, 4.69) is 5.32 Å². The molecular formula is C17H18N2O3. The van der Waals surface area contributed by atoms with E-state index in [-0.39, 0.29) is 5.91 Å². The lowest BCUT2D eigenvalue weighted by Gasteiger charge is -2.09. The summed E-state index contributed by atoms with van der Waals surface area (Å²) in [5.74, 6) is 0.0548. The lowest BCUT2D eigenvalue weighted by atomic mass is 10.1. The Kier molecular flexibility index (Phi) is 5.14. The van der Waals surface area contributed by atoms with Crippen LogP contribution in [0.5, 0.6) is 5.75 Å². The highest BCUT2D eigenvalue weighted by molar-refractivity contribution is 6.02. The molecule has 22 heavy (non-hydrogen) atoms. The van der Waals surface area contributed by atoms with Gasteiger partial charge in [0.05, 0.1) is 18.4 Å². The van der Waals surface area contributed by atoms with Gasteiger partial charge >= 0.3 is 0 Å². The predicted molar refractivity (Wildman–Crippen MR) is 84.9 cm³/mol. The molecule has 2 aromatic carbocycles. The van der Waals surface area contributed by atoms with Crippen LogP contribution < -0.4 is 15.8 Å². The Morgan fingerprint density at radius 1 is 1.09 bits per heavy atom. The van der Waals surface area contributed by atoms with Crippen LogP contribution in [0.2, 0.25) is 0 Å². The molecule has 5 heteroatoms. The summed E-state index contributed by atoms with van der Waals surface area (Å²) in [5.41, 5.74) is 7.07. The number of anilines is 1. The van der Waals surface area contributed by atoms with E-state index >= 15 is 0 Å². The van der Waals surface area contributed by atoms with Gasteiger partial charge in [-0.05, 0) is 36.2 Å². The van der Waals surface area contributed by atoms with E-state index in [1.807, 2.05) is 24.3 Å². The number of amides is 2. The number of hydrogen-bond acceptors (Lipinski definition) is 3. The van der Waals surface area contributed by atoms with Crippen LogP contribution in [0, 0.1) is 0 Å². The van der Waals surface area contributed by atoms with E-state index < -0.39 is 5.91 Å². The van der Waals surface area contributed by atoms with Crippen molar-refractivity contribution in [1.82, 2.24) is 0 Å². The summed E-state index contributed by atoms with van der Waals surface area (Å²) in [6, 6.07) is 14.2. The van der Waals surface area contributed by atoms with Crippen molar-refractivity contribution in [2.24, 2.45) is 5.73 Å². The Bertz CT molecular complexity index is 666. The van der Waals surface area contributed by atoms with Gasteiger partial charge in [-0.25, -0.2) is 0 Å². The number of hydrogen-bond donors (Lipinski definition) is 2. The average molecular weight is 298 g/mol. The fourth-order valence-corrected chi connectivity index (χ4v) is 2.07. The van der Waals surface area contributed by atoms with Crippen LogP contribution in [-0.2, 0) is 11.2 Å². The number of carbonyl (C=O) groups excluding carboxylic acids is 2. The van der Waals surface area contributed by atoms with Crippen molar-refractivity contribution in [2.75, 3.05) is 12.4 Å². The number of benzene rings is 2. The van der Waals surface area contributed by atoms with Crippen molar-refractivity contribution in [3.63, 3.8) is 0 Å². The first-order valence-electron chi connectivity index (χ1n) is 6.92. The summed E-state index contributed by atoms with van der Waals surface area (Å²) in [5, 5.41) is 2.72. The summed E-state index contributed by atoms with van der Waals surface area (Å²) in [6.45, 7) is 0. The zero-order valence-corrected chi connectivity index (χ0v) is 12.3. The summed E-state index contributed by atoms with van der Waals surface area (Å²) >= 11 is 0. The predicted octanol–water partition coefficient (Wildman–Crippen LogP) is 2.37. The molecule has 0 unspecified atom stereocenters. The molecule has 0 bridgehead atoms. The van der Waals surface area contributed by atoms with E-state index in [4.69, 9.17) is 10.5 Å². The Morgan fingerprint density at radius 3 is 2.41 bits per heavy atom. The number of aryl methyl sites for hydroxylation is 1. The fraction of sp³-hybridized carbons (Fsp3) is 0.176. The highest BCUT2D eigenvalue weighted by Gasteiger charge is 2.10. The molecule has 2 amide bonds. The second kappa shape index (κ2) is 7.26. The molecular weight excluding hydrogens is 280 g/mol. The molecule has 0 atom stereocenters. The molecule has 0 aromatic heterocycles. The smallest absolute Gasteiger partial charge is 0.250 e. The minimum Gasteiger partial charge on any atom is -0.497 e. The van der Waals surface area contributed by atoms with Crippen LogP contribution in [0.25, 0.3) is 0 Å². The van der Waals surface area contributed by atoms with Crippen molar-refractivity contribution >= 4 is 17.5 Å². The molecule has 0 heterocycles. The molecule has 3 N–H and O–H groups in total. The summed E-state index contributed by atoms with van der Waals surface area (Å²) < 4.78 is 5.09. The van der Waals surface area contributed by atoms with Crippen molar-refractivity contribution < 1.29 is 14.3 Å². The van der Waals surface area contributed by atoms with Gasteiger partial charge in [-0.15, -0.1) is 0 Å². The van der Waals surface area contributed by atoms with Gasteiger partial charge in [0.25, 0.3) is 5.91 Å². The normalized spacial score (nSPS) is 10.0. The van der Waals surface area contributed by atoms with E-state index in [1.54, 1.807) is 31.4 Å². The lowest BCUT2D eigenvalue weighted by molar-refractivity contribution is -0.116. The molecule has 0 saturated carbocycles. The maximum atomic E-state index is 12.0. The Balaban J connectivity index is 1.94. The number of para-hydroxylation sites is 1. The Hall–Kier alpha value is -2.82. The largest absolute Gasteiger partial charge is 0.497 e. The van der Waals surface area contributed by atoms with Crippen molar-refractivity contribution in [2.45, 2.75) is 12.8 Å². The minimum atomic E-state index is -0.564. The van der Waals surface area contributed by atoms with Crippen molar-refractivity contribution in [1.29, 1.82) is 0 Å². The van der Waals surface area contributed by atoms with Crippen molar-refractivity contribution in [3.8, 4) is 5.75 Å². The molecule has 0 aliphatic rings. The monoisotopic (exact) mass is 298 g/mol. The number of ether oxygens (including phenoxy) is 1. The summed E-state index contributed by atoms with van der Waals surface area (Å²) in [7, 11) is 1.61. The first kappa shape index (κ1) is 15.6. The minimum absolute atomic E-state index is 0.162. The molecule has 2 rings (SSSR count). The second-order valence-corrected chi connectivity index (χ2v) is 4.81. The molecule has 0 aliphatic heterocycles. The van der Waals surface area contributed by atoms with Crippen LogP contribution in [0.15, 0.2) is 48.5 Å². The molecule has 0 saturated heterocycles. The van der Waals surface area contributed by atoms with Crippen molar-refractivity contribution in [3.05, 3.63) is 59.7 Å². The number of carbonyl (C=O) groups is 2. The molecule has 114 valence electrons. The van der Waals surface area contributed by atoms with Gasteiger partial charge in [-0.3, -0.25) is 9.59 Å². The van der Waals surface area contributed by atoms with Gasteiger partial charge in [0.1, 0.15) is 5.75 Å². The zero-order chi connectivity index (χ0) is 15.9. The number of methoxy groups -OCH3 is 1. The zero-order valence-electron chi connectivity index (χ0n) is 12.3. The molecule has 0 spiro atoms. The molecule has 0 aliphatic carbocycles. The van der Waals surface area contributed by atoms with Gasteiger partial charge < -0.3 is 15.8 Å². The standard InChI is InChI=1S/C17H18N2O3/c1-22-13-9-6-12(7-10-13)8-11-16(20)19-15-5-3-2-4-14(15)17(18)21/h2-7,9-10H,8,11H2,1H3,(H2,18,21)(H,19,20). The quantitative estimate of drug-likeness (QED) is 0.859. The second-order valence-electron chi connectivity index (χ2n) is 4.81. The van der Waals surface area contributed by atoms with Gasteiger partial charge in [0, 0.05) is 6.42 Å². The molecule has 0 radical (unpaired) electrons. The van der Waals surface area contributed by atoms with Gasteiger partial charge in [0.15, 0.2) is 0 Å². The van der Waals surface area contributed by atoms with Crippen LogP contribution in [0.3, 0.4) is 0 Å². The van der Waals surface area contributed by atoms with Crippen LogP contribution in [0.1, 0.15) is 22.3 Å². The Morgan fingerprint density at radius 2 is 1.77 bits per heavy atom. The maximum Gasteiger partial charge on any atom is 0.250 e. The third-order valence-corrected chi connectivity index (χ3v) is 3.27. The highest BCUT2D eigenvalue weighted by atomic mass is 16.5. The number of primary amides is 1. The van der Waals surface area contributed by atoms with Gasteiger partial charge in [-0.2, -0.15) is 0 Å². The topological polar surface area (TPSA) is 81.4 Å². The Labute approximate surface area is 129 Å².